The van der Waals surface area contributed by atoms with E-state index >= 15 is 0 Å². The van der Waals surface area contributed by atoms with Gasteiger partial charge in [0.1, 0.15) is 0 Å². The second kappa shape index (κ2) is 7.42. The average Bonchev–Trinajstić information content (AvgIpc) is 2.79. The van der Waals surface area contributed by atoms with Gasteiger partial charge in [0, 0.05) is 18.3 Å². The number of nitrogens with zero attached hydrogens (tertiary/aromatic N) is 1. The number of hydrogen-bond donors (Lipinski definition) is 2. The Hall–Kier alpha value is -1.88. The zero-order valence-electron chi connectivity index (χ0n) is 8.72. The lowest BCUT2D eigenvalue weighted by molar-refractivity contribution is 0.567. The summed E-state index contributed by atoms with van der Waals surface area (Å²) < 4.78 is 4.90. The summed E-state index contributed by atoms with van der Waals surface area (Å²) in [5.41, 5.74) is 3.65. The molecular formula is C11H13N3OS. The molecule has 2 N–H and O–H groups in total. The van der Waals surface area contributed by atoms with E-state index in [0.717, 1.165) is 5.56 Å². The highest BCUT2D eigenvalue weighted by molar-refractivity contribution is 7.80. The topological polar surface area (TPSA) is 49.6 Å². The van der Waals surface area contributed by atoms with Crippen LogP contribution in [-0.4, -0.2) is 17.9 Å². The van der Waals surface area contributed by atoms with Crippen LogP contribution in [0, 0.1) is 0 Å². The molecule has 0 aromatic carbocycles. The van der Waals surface area contributed by atoms with Crippen molar-refractivity contribution in [1.82, 2.24) is 10.7 Å². The summed E-state index contributed by atoms with van der Waals surface area (Å²) in [5, 5.41) is 7.25. The van der Waals surface area contributed by atoms with Crippen molar-refractivity contribution in [2.75, 3.05) is 6.54 Å². The Labute approximate surface area is 99.7 Å². The van der Waals surface area contributed by atoms with Gasteiger partial charge in [-0.15, -0.1) is 6.58 Å². The highest BCUT2D eigenvalue weighted by Crippen LogP contribution is 2.00. The Morgan fingerprint density at radius 2 is 2.50 bits per heavy atom. The van der Waals surface area contributed by atoms with E-state index in [9.17, 15) is 0 Å². The molecule has 0 aliphatic carbocycles. The van der Waals surface area contributed by atoms with Crippen molar-refractivity contribution in [3.8, 4) is 0 Å². The van der Waals surface area contributed by atoms with Crippen LogP contribution in [0.25, 0.3) is 6.08 Å². The molecule has 0 unspecified atom stereocenters. The number of hydrogen-bond acceptors (Lipinski definition) is 3. The standard InChI is InChI=1S/C11H13N3OS/c1-2-6-12-11(16)14-13-7-3-4-10-5-8-15-9-10/h2-5,7-9H,1,6H2,(H2,12,14,16)/b4-3+,13-7+. The van der Waals surface area contributed by atoms with E-state index in [1.165, 1.54) is 0 Å². The van der Waals surface area contributed by atoms with Gasteiger partial charge >= 0.3 is 0 Å². The summed E-state index contributed by atoms with van der Waals surface area (Å²) in [6.45, 7) is 4.18. The van der Waals surface area contributed by atoms with E-state index in [4.69, 9.17) is 16.6 Å². The van der Waals surface area contributed by atoms with E-state index in [1.54, 1.807) is 30.9 Å². The van der Waals surface area contributed by atoms with Crippen molar-refractivity contribution in [2.24, 2.45) is 5.10 Å². The van der Waals surface area contributed by atoms with E-state index in [1.807, 2.05) is 12.1 Å². The first-order valence-corrected chi connectivity index (χ1v) is 5.10. The largest absolute Gasteiger partial charge is 0.472 e. The molecule has 0 spiro atoms. The molecule has 0 saturated carbocycles. The molecule has 1 heterocycles. The fourth-order valence-electron chi connectivity index (χ4n) is 0.867. The van der Waals surface area contributed by atoms with E-state index < -0.39 is 0 Å². The van der Waals surface area contributed by atoms with Gasteiger partial charge < -0.3 is 9.73 Å². The quantitative estimate of drug-likeness (QED) is 0.354. The predicted molar refractivity (Wildman–Crippen MR) is 70.2 cm³/mol. The Kier molecular flexibility index (Phi) is 5.65. The molecule has 0 radical (unpaired) electrons. The zero-order valence-corrected chi connectivity index (χ0v) is 9.54. The SMILES string of the molecule is C=CCNC(=S)N/N=C/C=C/c1ccoc1. The number of rotatable bonds is 5. The van der Waals surface area contributed by atoms with Crippen LogP contribution in [0.5, 0.6) is 0 Å². The van der Waals surface area contributed by atoms with Crippen LogP contribution in [-0.2, 0) is 0 Å². The lowest BCUT2D eigenvalue weighted by atomic mass is 10.3. The number of furan rings is 1. The molecule has 1 rings (SSSR count). The van der Waals surface area contributed by atoms with Crippen LogP contribution in [0.2, 0.25) is 0 Å². The van der Waals surface area contributed by atoms with Crippen molar-refractivity contribution in [3.63, 3.8) is 0 Å². The fraction of sp³-hybridized carbons (Fsp3) is 0.0909. The van der Waals surface area contributed by atoms with Gasteiger partial charge in [0.2, 0.25) is 0 Å². The first kappa shape index (κ1) is 12.2. The smallest absolute Gasteiger partial charge is 0.187 e. The van der Waals surface area contributed by atoms with Gasteiger partial charge in [-0.2, -0.15) is 5.10 Å². The van der Waals surface area contributed by atoms with Crippen LogP contribution >= 0.6 is 12.2 Å². The first-order valence-electron chi connectivity index (χ1n) is 4.69. The van der Waals surface area contributed by atoms with Gasteiger partial charge in [0.05, 0.1) is 12.5 Å². The molecular weight excluding hydrogens is 222 g/mol. The summed E-state index contributed by atoms with van der Waals surface area (Å²) in [6.07, 6.45) is 10.2. The number of thiocarbonyl (C=S) groups is 1. The summed E-state index contributed by atoms with van der Waals surface area (Å²) in [6, 6.07) is 1.86. The van der Waals surface area contributed by atoms with Gasteiger partial charge in [-0.3, -0.25) is 5.43 Å². The van der Waals surface area contributed by atoms with Crippen LogP contribution in [0.1, 0.15) is 5.56 Å². The van der Waals surface area contributed by atoms with Crippen molar-refractivity contribution in [2.45, 2.75) is 0 Å². The second-order valence-corrected chi connectivity index (χ2v) is 3.21. The van der Waals surface area contributed by atoms with Gasteiger partial charge in [0.15, 0.2) is 5.11 Å². The van der Waals surface area contributed by atoms with E-state index in [2.05, 4.69) is 22.4 Å². The molecule has 0 amide bonds. The molecule has 0 saturated heterocycles. The van der Waals surface area contributed by atoms with Gasteiger partial charge in [-0.05, 0) is 24.4 Å². The number of hydrazone groups is 1. The molecule has 1 aromatic heterocycles. The van der Waals surface area contributed by atoms with Crippen molar-refractivity contribution in [3.05, 3.63) is 42.9 Å². The highest BCUT2D eigenvalue weighted by atomic mass is 32.1. The van der Waals surface area contributed by atoms with Gasteiger partial charge in [0.25, 0.3) is 0 Å². The predicted octanol–water partition coefficient (Wildman–Crippen LogP) is 1.93. The van der Waals surface area contributed by atoms with Crippen LogP contribution < -0.4 is 10.7 Å². The van der Waals surface area contributed by atoms with Crippen molar-refractivity contribution >= 4 is 29.6 Å². The summed E-state index contributed by atoms with van der Waals surface area (Å²) >= 11 is 4.93. The molecule has 1 aromatic rings. The van der Waals surface area contributed by atoms with Crippen LogP contribution in [0.3, 0.4) is 0 Å². The Morgan fingerprint density at radius 3 is 3.19 bits per heavy atom. The second-order valence-electron chi connectivity index (χ2n) is 2.80. The third kappa shape index (κ3) is 5.11. The molecule has 0 bridgehead atoms. The normalized spacial score (nSPS) is 10.8. The van der Waals surface area contributed by atoms with Crippen LogP contribution in [0.4, 0.5) is 0 Å². The molecule has 16 heavy (non-hydrogen) atoms. The minimum absolute atomic E-state index is 0.466. The number of allylic oxidation sites excluding steroid dienone is 1. The summed E-state index contributed by atoms with van der Waals surface area (Å²) in [4.78, 5) is 0. The maximum absolute atomic E-state index is 4.93. The number of nitrogens with one attached hydrogen (secondary N) is 2. The van der Waals surface area contributed by atoms with Crippen molar-refractivity contribution < 1.29 is 4.42 Å². The Bertz CT molecular complexity index is 382. The van der Waals surface area contributed by atoms with E-state index in [0.29, 0.717) is 11.7 Å². The van der Waals surface area contributed by atoms with Gasteiger partial charge in [-0.25, -0.2) is 0 Å². The third-order valence-electron chi connectivity index (χ3n) is 1.57. The molecule has 84 valence electrons. The molecule has 0 aliphatic heterocycles. The maximum atomic E-state index is 4.93. The first-order chi connectivity index (χ1) is 7.83. The van der Waals surface area contributed by atoms with Crippen LogP contribution in [0.15, 0.2) is 46.8 Å². The zero-order chi connectivity index (χ0) is 11.6. The Balaban J connectivity index is 2.22. The highest BCUT2D eigenvalue weighted by Gasteiger charge is 1.87. The average molecular weight is 235 g/mol. The Morgan fingerprint density at radius 1 is 1.62 bits per heavy atom. The maximum Gasteiger partial charge on any atom is 0.187 e. The summed E-state index contributed by atoms with van der Waals surface area (Å²) in [7, 11) is 0. The lowest BCUT2D eigenvalue weighted by Crippen LogP contribution is -2.31. The van der Waals surface area contributed by atoms with Gasteiger partial charge in [-0.1, -0.05) is 12.2 Å². The molecule has 4 nitrogen and oxygen atoms in total. The molecule has 0 aliphatic rings. The van der Waals surface area contributed by atoms with E-state index in [-0.39, 0.29) is 0 Å². The fourth-order valence-corrected chi connectivity index (χ4v) is 1.00. The molecule has 0 atom stereocenters. The minimum Gasteiger partial charge on any atom is -0.472 e. The monoisotopic (exact) mass is 235 g/mol. The summed E-state index contributed by atoms with van der Waals surface area (Å²) in [5.74, 6) is 0. The lowest BCUT2D eigenvalue weighted by Gasteiger charge is -2.01. The van der Waals surface area contributed by atoms with Crippen molar-refractivity contribution in [1.29, 1.82) is 0 Å². The minimum atomic E-state index is 0.466. The molecule has 5 heteroatoms. The third-order valence-corrected chi connectivity index (χ3v) is 1.80. The molecule has 0 fully saturated rings.